The number of rotatable bonds is 3. The highest BCUT2D eigenvalue weighted by Gasteiger charge is 2.32. The summed E-state index contributed by atoms with van der Waals surface area (Å²) in [6, 6.07) is 2.90. The molecule has 1 saturated carbocycles. The van der Waals surface area contributed by atoms with E-state index in [1.165, 1.54) is 31.7 Å². The lowest BCUT2D eigenvalue weighted by Gasteiger charge is -2.41. The van der Waals surface area contributed by atoms with Gasteiger partial charge in [0.1, 0.15) is 11.6 Å². The number of piperidine rings is 1. The summed E-state index contributed by atoms with van der Waals surface area (Å²) in [5.41, 5.74) is 2.44. The number of hydrazine groups is 1. The third kappa shape index (κ3) is 2.92. The van der Waals surface area contributed by atoms with Gasteiger partial charge in [-0.15, -0.1) is 0 Å². The van der Waals surface area contributed by atoms with Gasteiger partial charge in [-0.1, -0.05) is 19.3 Å². The third-order valence-electron chi connectivity index (χ3n) is 4.77. The van der Waals surface area contributed by atoms with Crippen LogP contribution >= 0.6 is 0 Å². The summed E-state index contributed by atoms with van der Waals surface area (Å²) in [5.74, 6) is 7.88. The van der Waals surface area contributed by atoms with Gasteiger partial charge in [-0.25, -0.2) is 10.8 Å². The summed E-state index contributed by atoms with van der Waals surface area (Å²) >= 11 is 0. The summed E-state index contributed by atoms with van der Waals surface area (Å²) < 4.78 is 0. The van der Waals surface area contributed by atoms with Crippen LogP contribution in [-0.4, -0.2) is 23.0 Å². The van der Waals surface area contributed by atoms with E-state index in [2.05, 4.69) is 15.3 Å². The van der Waals surface area contributed by atoms with Crippen molar-refractivity contribution in [1.29, 1.82) is 0 Å². The molecule has 0 radical (unpaired) electrons. The number of anilines is 2. The minimum Gasteiger partial charge on any atom is -0.356 e. The van der Waals surface area contributed by atoms with Gasteiger partial charge in [-0.05, 0) is 24.7 Å². The van der Waals surface area contributed by atoms with Crippen molar-refractivity contribution in [2.45, 2.75) is 32.1 Å². The zero-order valence-electron chi connectivity index (χ0n) is 12.0. The van der Waals surface area contributed by atoms with Crippen LogP contribution in [0.4, 0.5) is 17.3 Å². The number of nitrogens with two attached hydrogens (primary N) is 1. The van der Waals surface area contributed by atoms with Crippen LogP contribution in [0.3, 0.4) is 0 Å². The van der Waals surface area contributed by atoms with Gasteiger partial charge in [0.05, 0.1) is 17.1 Å². The molecule has 7 nitrogen and oxygen atoms in total. The Balaban J connectivity index is 1.82. The average Bonchev–Trinajstić information content (AvgIpc) is 2.53. The van der Waals surface area contributed by atoms with Crippen LogP contribution < -0.4 is 16.2 Å². The number of nitrogens with one attached hydrogen (secondary N) is 1. The summed E-state index contributed by atoms with van der Waals surface area (Å²) in [5, 5.41) is 11.0. The SMILES string of the molecule is NNc1cc([N+](=O)[O-])cc(N2CCC3CCCCC3C2)n1. The summed E-state index contributed by atoms with van der Waals surface area (Å²) in [7, 11) is 0. The second-order valence-electron chi connectivity index (χ2n) is 6.01. The molecule has 2 fully saturated rings. The van der Waals surface area contributed by atoms with E-state index in [1.807, 2.05) is 0 Å². The zero-order valence-corrected chi connectivity index (χ0v) is 12.0. The Labute approximate surface area is 123 Å². The second-order valence-corrected chi connectivity index (χ2v) is 6.01. The van der Waals surface area contributed by atoms with Crippen LogP contribution in [0.1, 0.15) is 32.1 Å². The maximum atomic E-state index is 11.0. The van der Waals surface area contributed by atoms with Crippen molar-refractivity contribution < 1.29 is 4.92 Å². The van der Waals surface area contributed by atoms with Crippen molar-refractivity contribution in [2.24, 2.45) is 17.7 Å². The third-order valence-corrected chi connectivity index (χ3v) is 4.77. The van der Waals surface area contributed by atoms with E-state index < -0.39 is 4.92 Å². The van der Waals surface area contributed by atoms with E-state index >= 15 is 0 Å². The molecule has 1 aliphatic carbocycles. The molecule has 3 rings (SSSR count). The lowest BCUT2D eigenvalue weighted by Crippen LogP contribution is -2.42. The Hall–Kier alpha value is -1.89. The van der Waals surface area contributed by atoms with Gasteiger partial charge < -0.3 is 10.3 Å². The summed E-state index contributed by atoms with van der Waals surface area (Å²) in [6.45, 7) is 1.86. The van der Waals surface area contributed by atoms with E-state index in [0.29, 0.717) is 17.6 Å². The monoisotopic (exact) mass is 291 g/mol. The minimum absolute atomic E-state index is 0.0266. The molecule has 2 aliphatic rings. The molecule has 1 saturated heterocycles. The van der Waals surface area contributed by atoms with E-state index in [4.69, 9.17) is 5.84 Å². The molecule has 0 amide bonds. The Morgan fingerprint density at radius 3 is 2.76 bits per heavy atom. The van der Waals surface area contributed by atoms with Gasteiger partial charge in [0.2, 0.25) is 0 Å². The summed E-state index contributed by atoms with van der Waals surface area (Å²) in [4.78, 5) is 17.2. The number of nitrogens with zero attached hydrogens (tertiary/aromatic N) is 3. The first-order valence-corrected chi connectivity index (χ1v) is 7.55. The van der Waals surface area contributed by atoms with Crippen molar-refractivity contribution in [1.82, 2.24) is 4.98 Å². The molecule has 1 aromatic heterocycles. The van der Waals surface area contributed by atoms with Crippen LogP contribution in [0.2, 0.25) is 0 Å². The molecule has 0 aromatic carbocycles. The molecule has 2 heterocycles. The number of fused-ring (bicyclic) bond motifs is 1. The van der Waals surface area contributed by atoms with Gasteiger partial charge >= 0.3 is 0 Å². The molecular weight excluding hydrogens is 270 g/mol. The van der Waals surface area contributed by atoms with Gasteiger partial charge in [-0.2, -0.15) is 0 Å². The standard InChI is InChI=1S/C14H21N5O2/c15-17-13-7-12(19(20)21)8-14(16-13)18-6-5-10-3-1-2-4-11(10)9-18/h7-8,10-11H,1-6,9,15H2,(H,16,17). The fourth-order valence-electron chi connectivity index (χ4n) is 3.65. The first kappa shape index (κ1) is 14.1. The Bertz CT molecular complexity index is 536. The van der Waals surface area contributed by atoms with Crippen LogP contribution in [0, 0.1) is 22.0 Å². The molecule has 21 heavy (non-hydrogen) atoms. The van der Waals surface area contributed by atoms with Crippen molar-refractivity contribution in [3.05, 3.63) is 22.2 Å². The number of nitrogen functional groups attached to an aromatic ring is 1. The number of pyridine rings is 1. The predicted octanol–water partition coefficient (Wildman–Crippen LogP) is 2.29. The Morgan fingerprint density at radius 1 is 1.29 bits per heavy atom. The maximum Gasteiger partial charge on any atom is 0.276 e. The minimum atomic E-state index is -0.403. The first-order valence-electron chi connectivity index (χ1n) is 7.55. The quantitative estimate of drug-likeness (QED) is 0.504. The van der Waals surface area contributed by atoms with Crippen LogP contribution in [0.5, 0.6) is 0 Å². The van der Waals surface area contributed by atoms with Crippen molar-refractivity contribution in [3.8, 4) is 0 Å². The molecule has 0 spiro atoms. The van der Waals surface area contributed by atoms with E-state index in [-0.39, 0.29) is 5.69 Å². The van der Waals surface area contributed by atoms with Gasteiger partial charge in [0.25, 0.3) is 5.69 Å². The molecule has 1 aliphatic heterocycles. The summed E-state index contributed by atoms with van der Waals surface area (Å²) in [6.07, 6.45) is 6.39. The van der Waals surface area contributed by atoms with Crippen LogP contribution in [0.25, 0.3) is 0 Å². The molecule has 114 valence electrons. The van der Waals surface area contributed by atoms with Gasteiger partial charge in [0.15, 0.2) is 0 Å². The smallest absolute Gasteiger partial charge is 0.276 e. The fraction of sp³-hybridized carbons (Fsp3) is 0.643. The molecule has 2 unspecified atom stereocenters. The van der Waals surface area contributed by atoms with E-state index in [9.17, 15) is 10.1 Å². The number of hydrogen-bond acceptors (Lipinski definition) is 6. The van der Waals surface area contributed by atoms with Crippen molar-refractivity contribution >= 4 is 17.3 Å². The molecule has 0 bridgehead atoms. The average molecular weight is 291 g/mol. The molecule has 3 N–H and O–H groups in total. The lowest BCUT2D eigenvalue weighted by molar-refractivity contribution is -0.384. The highest BCUT2D eigenvalue weighted by molar-refractivity contribution is 5.55. The van der Waals surface area contributed by atoms with Crippen LogP contribution in [-0.2, 0) is 0 Å². The number of nitro groups is 1. The number of hydrogen-bond donors (Lipinski definition) is 2. The highest BCUT2D eigenvalue weighted by Crippen LogP contribution is 2.37. The predicted molar refractivity (Wildman–Crippen MR) is 81.0 cm³/mol. The Morgan fingerprint density at radius 2 is 2.05 bits per heavy atom. The van der Waals surface area contributed by atoms with E-state index in [0.717, 1.165) is 25.4 Å². The molecule has 2 atom stereocenters. The van der Waals surface area contributed by atoms with E-state index in [1.54, 1.807) is 6.07 Å². The Kier molecular flexibility index (Phi) is 3.92. The van der Waals surface area contributed by atoms with Crippen molar-refractivity contribution in [3.63, 3.8) is 0 Å². The van der Waals surface area contributed by atoms with Crippen molar-refractivity contribution in [2.75, 3.05) is 23.4 Å². The fourth-order valence-corrected chi connectivity index (χ4v) is 3.65. The molecule has 1 aromatic rings. The largest absolute Gasteiger partial charge is 0.356 e. The normalized spacial score (nSPS) is 25.3. The van der Waals surface area contributed by atoms with Gasteiger partial charge in [-0.3, -0.25) is 10.1 Å². The topological polar surface area (TPSA) is 97.3 Å². The zero-order chi connectivity index (χ0) is 14.8. The highest BCUT2D eigenvalue weighted by atomic mass is 16.6. The molecular formula is C14H21N5O2. The van der Waals surface area contributed by atoms with Crippen LogP contribution in [0.15, 0.2) is 12.1 Å². The number of aromatic nitrogens is 1. The second kappa shape index (κ2) is 5.85. The molecule has 7 heteroatoms. The lowest BCUT2D eigenvalue weighted by atomic mass is 9.75. The maximum absolute atomic E-state index is 11.0. The first-order chi connectivity index (χ1) is 10.2. The van der Waals surface area contributed by atoms with Gasteiger partial charge in [0, 0.05) is 13.1 Å².